The summed E-state index contributed by atoms with van der Waals surface area (Å²) in [6.45, 7) is 1.62. The zero-order valence-electron chi connectivity index (χ0n) is 15.7. The van der Waals surface area contributed by atoms with Crippen LogP contribution in [0.5, 0.6) is 0 Å². The Morgan fingerprint density at radius 2 is 2.04 bits per heavy atom. The molecule has 2 N–H and O–H groups in total. The van der Waals surface area contributed by atoms with E-state index in [-0.39, 0.29) is 18.4 Å². The van der Waals surface area contributed by atoms with Gasteiger partial charge >= 0.3 is 0 Å². The molecule has 0 radical (unpaired) electrons. The number of benzene rings is 1. The number of carbonyl (C=O) groups excluding carboxylic acids is 2. The van der Waals surface area contributed by atoms with E-state index in [4.69, 9.17) is 4.74 Å². The van der Waals surface area contributed by atoms with Gasteiger partial charge in [0, 0.05) is 33.4 Å². The number of hydrogen-bond donors (Lipinski definition) is 2. The van der Waals surface area contributed by atoms with Crippen LogP contribution in [0.1, 0.15) is 29.6 Å². The summed E-state index contributed by atoms with van der Waals surface area (Å²) in [6, 6.07) is 6.77. The van der Waals surface area contributed by atoms with Gasteiger partial charge in [-0.25, -0.2) is 12.7 Å². The van der Waals surface area contributed by atoms with Crippen molar-refractivity contribution in [1.82, 2.24) is 9.62 Å². The van der Waals surface area contributed by atoms with Gasteiger partial charge in [-0.05, 0) is 31.4 Å². The van der Waals surface area contributed by atoms with Crippen molar-refractivity contribution in [3.8, 4) is 0 Å². The first-order valence-electron chi connectivity index (χ1n) is 8.95. The van der Waals surface area contributed by atoms with Crippen LogP contribution in [0, 0.1) is 5.92 Å². The van der Waals surface area contributed by atoms with Crippen LogP contribution >= 0.6 is 0 Å². The third-order valence-electron chi connectivity index (χ3n) is 4.46. The smallest absolute Gasteiger partial charge is 0.253 e. The van der Waals surface area contributed by atoms with Crippen LogP contribution in [0.3, 0.4) is 0 Å². The van der Waals surface area contributed by atoms with Crippen LogP contribution in [-0.2, 0) is 19.6 Å². The number of sulfonamides is 1. The van der Waals surface area contributed by atoms with Crippen LogP contribution in [0.15, 0.2) is 24.3 Å². The van der Waals surface area contributed by atoms with E-state index in [1.807, 2.05) is 0 Å². The van der Waals surface area contributed by atoms with Crippen molar-refractivity contribution in [2.45, 2.75) is 19.3 Å². The summed E-state index contributed by atoms with van der Waals surface area (Å²) in [5.41, 5.74) is 0.794. The Morgan fingerprint density at radius 3 is 2.74 bits per heavy atom. The molecule has 0 aliphatic carbocycles. The van der Waals surface area contributed by atoms with Crippen molar-refractivity contribution < 1.29 is 22.7 Å². The fraction of sp³-hybridized carbons (Fsp3) is 0.556. The average Bonchev–Trinajstić information content (AvgIpc) is 2.65. The van der Waals surface area contributed by atoms with E-state index in [2.05, 4.69) is 10.6 Å². The molecule has 0 spiro atoms. The van der Waals surface area contributed by atoms with E-state index < -0.39 is 15.9 Å². The van der Waals surface area contributed by atoms with Crippen LogP contribution in [0.2, 0.25) is 0 Å². The van der Waals surface area contributed by atoms with Gasteiger partial charge in [0.05, 0.1) is 23.4 Å². The highest BCUT2D eigenvalue weighted by atomic mass is 32.2. The van der Waals surface area contributed by atoms with Gasteiger partial charge in [-0.2, -0.15) is 0 Å². The molecule has 1 fully saturated rings. The van der Waals surface area contributed by atoms with E-state index >= 15 is 0 Å². The molecule has 1 unspecified atom stereocenters. The maximum absolute atomic E-state index is 12.6. The fourth-order valence-electron chi connectivity index (χ4n) is 3.00. The highest BCUT2D eigenvalue weighted by molar-refractivity contribution is 7.88. The lowest BCUT2D eigenvalue weighted by atomic mass is 9.98. The molecule has 9 heteroatoms. The number of nitrogens with zero attached hydrogens (tertiary/aromatic N) is 1. The SMILES string of the molecule is COCCCNC(=O)c1ccccc1NC(=O)C1CCCN(S(C)(=O)=O)C1. The number of para-hydroxylation sites is 1. The lowest BCUT2D eigenvalue weighted by molar-refractivity contribution is -0.120. The second-order valence-corrected chi connectivity index (χ2v) is 8.58. The number of anilines is 1. The number of amides is 2. The third-order valence-corrected chi connectivity index (χ3v) is 5.73. The number of methoxy groups -OCH3 is 1. The molecule has 27 heavy (non-hydrogen) atoms. The lowest BCUT2D eigenvalue weighted by Crippen LogP contribution is -2.43. The molecular formula is C18H27N3O5S. The Hall–Kier alpha value is -1.97. The molecule has 0 saturated carbocycles. The molecular weight excluding hydrogens is 370 g/mol. The Kier molecular flexibility index (Phi) is 7.76. The molecule has 0 aromatic heterocycles. The number of hydrogen-bond acceptors (Lipinski definition) is 5. The highest BCUT2D eigenvalue weighted by Gasteiger charge is 2.30. The lowest BCUT2D eigenvalue weighted by Gasteiger charge is -2.30. The molecule has 1 aliphatic rings. The molecule has 1 atom stereocenters. The molecule has 2 rings (SSSR count). The second-order valence-electron chi connectivity index (χ2n) is 6.60. The van der Waals surface area contributed by atoms with Crippen LogP contribution in [0.4, 0.5) is 5.69 Å². The summed E-state index contributed by atoms with van der Waals surface area (Å²) >= 11 is 0. The van der Waals surface area contributed by atoms with E-state index in [1.165, 1.54) is 4.31 Å². The molecule has 1 aliphatic heterocycles. The molecule has 8 nitrogen and oxygen atoms in total. The van der Waals surface area contributed by atoms with Crippen molar-refractivity contribution in [2.24, 2.45) is 5.92 Å². The average molecular weight is 397 g/mol. The summed E-state index contributed by atoms with van der Waals surface area (Å²) in [4.78, 5) is 25.0. The van der Waals surface area contributed by atoms with Crippen LogP contribution < -0.4 is 10.6 Å². The first-order valence-corrected chi connectivity index (χ1v) is 10.8. The van der Waals surface area contributed by atoms with Gasteiger partial charge in [-0.15, -0.1) is 0 Å². The topological polar surface area (TPSA) is 105 Å². The van der Waals surface area contributed by atoms with Crippen molar-refractivity contribution in [1.29, 1.82) is 0 Å². The second kappa shape index (κ2) is 9.82. The fourth-order valence-corrected chi connectivity index (χ4v) is 3.91. The van der Waals surface area contributed by atoms with Gasteiger partial charge in [0.1, 0.15) is 0 Å². The molecule has 2 amide bonds. The summed E-state index contributed by atoms with van der Waals surface area (Å²) in [7, 11) is -1.72. The van der Waals surface area contributed by atoms with Crippen LogP contribution in [-0.4, -0.2) is 64.1 Å². The van der Waals surface area contributed by atoms with Crippen molar-refractivity contribution in [3.63, 3.8) is 0 Å². The van der Waals surface area contributed by atoms with Gasteiger partial charge in [-0.1, -0.05) is 12.1 Å². The van der Waals surface area contributed by atoms with Gasteiger partial charge in [0.15, 0.2) is 0 Å². The zero-order valence-corrected chi connectivity index (χ0v) is 16.5. The minimum atomic E-state index is -3.32. The van der Waals surface area contributed by atoms with Crippen LogP contribution in [0.25, 0.3) is 0 Å². The number of rotatable bonds is 8. The number of ether oxygens (including phenoxy) is 1. The van der Waals surface area contributed by atoms with E-state index in [1.54, 1.807) is 31.4 Å². The molecule has 1 aromatic carbocycles. The van der Waals surface area contributed by atoms with Gasteiger partial charge in [-0.3, -0.25) is 9.59 Å². The monoisotopic (exact) mass is 397 g/mol. The minimum absolute atomic E-state index is 0.163. The predicted molar refractivity (Wildman–Crippen MR) is 103 cm³/mol. The normalized spacial score (nSPS) is 18.1. The largest absolute Gasteiger partial charge is 0.385 e. The molecule has 1 heterocycles. The zero-order chi connectivity index (χ0) is 19.9. The van der Waals surface area contributed by atoms with Gasteiger partial charge in [0.25, 0.3) is 5.91 Å². The first-order chi connectivity index (χ1) is 12.8. The Morgan fingerprint density at radius 1 is 1.30 bits per heavy atom. The predicted octanol–water partition coefficient (Wildman–Crippen LogP) is 1.06. The molecule has 1 aromatic rings. The van der Waals surface area contributed by atoms with Gasteiger partial charge < -0.3 is 15.4 Å². The van der Waals surface area contributed by atoms with E-state index in [9.17, 15) is 18.0 Å². The molecule has 150 valence electrons. The minimum Gasteiger partial charge on any atom is -0.385 e. The molecule has 1 saturated heterocycles. The van der Waals surface area contributed by atoms with E-state index in [0.29, 0.717) is 50.2 Å². The number of piperidine rings is 1. The van der Waals surface area contributed by atoms with Crippen molar-refractivity contribution >= 4 is 27.5 Å². The number of nitrogens with one attached hydrogen (secondary N) is 2. The quantitative estimate of drug-likeness (QED) is 0.638. The Balaban J connectivity index is 2.02. The summed E-state index contributed by atoms with van der Waals surface area (Å²) in [6.07, 6.45) is 3.09. The summed E-state index contributed by atoms with van der Waals surface area (Å²) in [5, 5.41) is 5.58. The van der Waals surface area contributed by atoms with Crippen molar-refractivity contribution in [3.05, 3.63) is 29.8 Å². The summed E-state index contributed by atoms with van der Waals surface area (Å²) in [5.74, 6) is -0.988. The van der Waals surface area contributed by atoms with Crippen molar-refractivity contribution in [2.75, 3.05) is 44.9 Å². The number of carbonyl (C=O) groups is 2. The highest BCUT2D eigenvalue weighted by Crippen LogP contribution is 2.22. The Labute approximate surface area is 160 Å². The third kappa shape index (κ3) is 6.30. The Bertz CT molecular complexity index is 766. The maximum Gasteiger partial charge on any atom is 0.253 e. The first kappa shape index (κ1) is 21.3. The van der Waals surface area contributed by atoms with E-state index in [0.717, 1.165) is 6.26 Å². The standard InChI is InChI=1S/C18H27N3O5S/c1-26-12-6-10-19-18(23)15-8-3-4-9-16(15)20-17(22)14-7-5-11-21(13-14)27(2,24)25/h3-4,8-9,14H,5-7,10-13H2,1-2H3,(H,19,23)(H,20,22). The summed E-state index contributed by atoms with van der Waals surface area (Å²) < 4.78 is 29.7. The maximum atomic E-state index is 12.6. The van der Waals surface area contributed by atoms with Gasteiger partial charge in [0.2, 0.25) is 15.9 Å². The molecule has 0 bridgehead atoms.